The SMILES string of the molecule is COc1ccc2ccc(S(=O)(=O)N[C@H]3CCN(Cc4cc5ncccc5[nH]4)C3=O)cc2c1.O=C(O)C(F)(F)F. The van der Waals surface area contributed by atoms with Gasteiger partial charge < -0.3 is 19.7 Å². The number of fused-ring (bicyclic) bond motifs is 2. The number of aromatic amines is 1. The van der Waals surface area contributed by atoms with Crippen molar-refractivity contribution >= 4 is 43.7 Å². The van der Waals surface area contributed by atoms with Crippen LogP contribution in [0.2, 0.25) is 0 Å². The molecular weight excluding hydrogens is 541 g/mol. The summed E-state index contributed by atoms with van der Waals surface area (Å²) < 4.78 is 65.5. The number of rotatable bonds is 6. The summed E-state index contributed by atoms with van der Waals surface area (Å²) in [5, 5.41) is 8.78. The fourth-order valence-electron chi connectivity index (χ4n) is 4.06. The molecule has 2 aromatic carbocycles. The Hall–Kier alpha value is -4.17. The summed E-state index contributed by atoms with van der Waals surface area (Å²) in [6, 6.07) is 15.3. The van der Waals surface area contributed by atoms with E-state index in [2.05, 4.69) is 14.7 Å². The number of likely N-dealkylation sites (tertiary alicyclic amines) is 1. The first kappa shape index (κ1) is 27.9. The number of methoxy groups -OCH3 is 1. The van der Waals surface area contributed by atoms with Gasteiger partial charge in [0.25, 0.3) is 0 Å². The third kappa shape index (κ3) is 6.46. The van der Waals surface area contributed by atoms with Crippen LogP contribution in [0.15, 0.2) is 65.7 Å². The molecule has 206 valence electrons. The van der Waals surface area contributed by atoms with E-state index in [1.165, 1.54) is 0 Å². The lowest BCUT2D eigenvalue weighted by Crippen LogP contribution is -2.41. The van der Waals surface area contributed by atoms with Crippen molar-refractivity contribution in [2.75, 3.05) is 13.7 Å². The zero-order valence-corrected chi connectivity index (χ0v) is 21.2. The molecule has 1 fully saturated rings. The monoisotopic (exact) mass is 564 g/mol. The standard InChI is InChI=1S/C23H22N4O4S.C2HF3O2/c1-31-18-6-4-15-5-7-19(12-16(15)11-18)32(29,30)26-21-8-10-27(23(21)28)14-17-13-22-20(25-17)3-2-9-24-22;3-2(4,5)1(6)7/h2-7,9,11-13,21,25-26H,8,10,14H2,1H3;(H,6,7)/t21-;/m0./s1. The van der Waals surface area contributed by atoms with Gasteiger partial charge in [-0.25, -0.2) is 13.2 Å². The summed E-state index contributed by atoms with van der Waals surface area (Å²) >= 11 is 0. The van der Waals surface area contributed by atoms with Crippen LogP contribution >= 0.6 is 0 Å². The molecular formula is C25H23F3N4O6S. The lowest BCUT2D eigenvalue weighted by molar-refractivity contribution is -0.192. The Balaban J connectivity index is 0.000000448. The second-order valence-electron chi connectivity index (χ2n) is 8.63. The highest BCUT2D eigenvalue weighted by Crippen LogP contribution is 2.25. The molecule has 1 atom stereocenters. The van der Waals surface area contributed by atoms with Crippen molar-refractivity contribution in [2.45, 2.75) is 30.1 Å². The van der Waals surface area contributed by atoms with E-state index in [4.69, 9.17) is 14.6 Å². The van der Waals surface area contributed by atoms with E-state index in [1.54, 1.807) is 42.5 Å². The van der Waals surface area contributed by atoms with Crippen LogP contribution < -0.4 is 9.46 Å². The number of aliphatic carboxylic acids is 1. The van der Waals surface area contributed by atoms with Crippen molar-refractivity contribution in [3.8, 4) is 5.75 Å². The number of hydrogen-bond acceptors (Lipinski definition) is 6. The van der Waals surface area contributed by atoms with Gasteiger partial charge in [0.05, 0.1) is 29.6 Å². The lowest BCUT2D eigenvalue weighted by atomic mass is 10.1. The Labute approximate surface area is 220 Å². The average molecular weight is 565 g/mol. The Morgan fingerprint density at radius 2 is 1.90 bits per heavy atom. The van der Waals surface area contributed by atoms with Crippen LogP contribution in [0.25, 0.3) is 21.8 Å². The van der Waals surface area contributed by atoms with Crippen LogP contribution in [0, 0.1) is 0 Å². The van der Waals surface area contributed by atoms with E-state index in [0.717, 1.165) is 27.5 Å². The number of nitrogens with one attached hydrogen (secondary N) is 2. The van der Waals surface area contributed by atoms with Gasteiger partial charge in [-0.1, -0.05) is 12.1 Å². The average Bonchev–Trinajstić information content (AvgIpc) is 3.45. The van der Waals surface area contributed by atoms with Crippen LogP contribution in [0.1, 0.15) is 12.1 Å². The van der Waals surface area contributed by atoms with Gasteiger partial charge in [0, 0.05) is 18.4 Å². The maximum atomic E-state index is 13.0. The summed E-state index contributed by atoms with van der Waals surface area (Å²) in [5.41, 5.74) is 2.60. The van der Waals surface area contributed by atoms with Crippen molar-refractivity contribution in [1.82, 2.24) is 19.6 Å². The number of carboxylic acid groups (broad SMARTS) is 1. The number of hydrogen-bond donors (Lipinski definition) is 3. The van der Waals surface area contributed by atoms with Crippen LogP contribution in [-0.4, -0.2) is 66.1 Å². The molecule has 1 aliphatic heterocycles. The number of halogens is 3. The smallest absolute Gasteiger partial charge is 0.490 e. The van der Waals surface area contributed by atoms with Gasteiger partial charge in [0.15, 0.2) is 0 Å². The second-order valence-corrected chi connectivity index (χ2v) is 10.3. The number of pyridine rings is 1. The number of benzene rings is 2. The third-order valence-corrected chi connectivity index (χ3v) is 7.44. The van der Waals surface area contributed by atoms with Gasteiger partial charge in [-0.15, -0.1) is 0 Å². The highest BCUT2D eigenvalue weighted by atomic mass is 32.2. The van der Waals surface area contributed by atoms with Crippen molar-refractivity contribution in [3.63, 3.8) is 0 Å². The van der Waals surface area contributed by atoms with Gasteiger partial charge in [-0.2, -0.15) is 17.9 Å². The number of H-pyrrole nitrogens is 1. The molecule has 1 amide bonds. The van der Waals surface area contributed by atoms with Gasteiger partial charge in [-0.3, -0.25) is 9.78 Å². The molecule has 1 aliphatic rings. The fourth-order valence-corrected chi connectivity index (χ4v) is 5.32. The van der Waals surface area contributed by atoms with Crippen molar-refractivity contribution in [1.29, 1.82) is 0 Å². The van der Waals surface area contributed by atoms with Crippen LogP contribution in [0.5, 0.6) is 5.75 Å². The molecule has 0 unspecified atom stereocenters. The van der Waals surface area contributed by atoms with E-state index in [0.29, 0.717) is 25.3 Å². The predicted octanol–water partition coefficient (Wildman–Crippen LogP) is 3.44. The molecule has 0 saturated carbocycles. The third-order valence-electron chi connectivity index (χ3n) is 5.97. The number of carbonyl (C=O) groups excluding carboxylic acids is 1. The number of alkyl halides is 3. The number of sulfonamides is 1. The summed E-state index contributed by atoms with van der Waals surface area (Å²) in [4.78, 5) is 31.1. The van der Waals surface area contributed by atoms with Crippen LogP contribution in [-0.2, 0) is 26.2 Å². The number of carboxylic acids is 1. The highest BCUT2D eigenvalue weighted by molar-refractivity contribution is 7.89. The molecule has 0 radical (unpaired) electrons. The minimum absolute atomic E-state index is 0.117. The molecule has 14 heteroatoms. The molecule has 1 saturated heterocycles. The molecule has 10 nitrogen and oxygen atoms in total. The zero-order valence-electron chi connectivity index (χ0n) is 20.4. The normalized spacial score (nSPS) is 15.8. The van der Waals surface area contributed by atoms with Gasteiger partial charge in [0.2, 0.25) is 15.9 Å². The lowest BCUT2D eigenvalue weighted by Gasteiger charge is -2.16. The van der Waals surface area contributed by atoms with E-state index >= 15 is 0 Å². The largest absolute Gasteiger partial charge is 0.497 e. The van der Waals surface area contributed by atoms with Gasteiger partial charge >= 0.3 is 12.1 Å². The summed E-state index contributed by atoms with van der Waals surface area (Å²) in [7, 11) is -2.30. The first-order valence-electron chi connectivity index (χ1n) is 11.5. The molecule has 4 aromatic rings. The summed E-state index contributed by atoms with van der Waals surface area (Å²) in [6.07, 6.45) is -2.95. The Kier molecular flexibility index (Phi) is 7.79. The second kappa shape index (κ2) is 10.9. The van der Waals surface area contributed by atoms with E-state index < -0.39 is 28.2 Å². The molecule has 3 N–H and O–H groups in total. The Morgan fingerprint density at radius 1 is 1.18 bits per heavy atom. The topological polar surface area (TPSA) is 142 Å². The first-order valence-corrected chi connectivity index (χ1v) is 13.0. The highest BCUT2D eigenvalue weighted by Gasteiger charge is 2.38. The minimum Gasteiger partial charge on any atom is -0.497 e. The molecule has 39 heavy (non-hydrogen) atoms. The Bertz CT molecular complexity index is 1600. The van der Waals surface area contributed by atoms with Crippen molar-refractivity contribution < 1.29 is 41.0 Å². The molecule has 2 aromatic heterocycles. The van der Waals surface area contributed by atoms with Gasteiger partial charge in [0.1, 0.15) is 11.8 Å². The van der Waals surface area contributed by atoms with Gasteiger partial charge in [-0.05, 0) is 59.7 Å². The zero-order chi connectivity index (χ0) is 28.4. The maximum absolute atomic E-state index is 13.0. The summed E-state index contributed by atoms with van der Waals surface area (Å²) in [5.74, 6) is -2.34. The van der Waals surface area contributed by atoms with Crippen molar-refractivity contribution in [3.05, 3.63) is 66.5 Å². The fraction of sp³-hybridized carbons (Fsp3) is 0.240. The quantitative estimate of drug-likeness (QED) is 0.326. The number of ether oxygens (including phenoxy) is 1. The number of nitrogens with zero attached hydrogens (tertiary/aromatic N) is 2. The number of carbonyl (C=O) groups is 2. The molecule has 3 heterocycles. The molecule has 5 rings (SSSR count). The van der Waals surface area contributed by atoms with E-state index in [1.807, 2.05) is 30.3 Å². The summed E-state index contributed by atoms with van der Waals surface area (Å²) in [6.45, 7) is 0.854. The predicted molar refractivity (Wildman–Crippen MR) is 134 cm³/mol. The minimum atomic E-state index is -5.08. The van der Waals surface area contributed by atoms with E-state index in [-0.39, 0.29) is 10.8 Å². The Morgan fingerprint density at radius 3 is 2.56 bits per heavy atom. The van der Waals surface area contributed by atoms with Crippen LogP contribution in [0.4, 0.5) is 13.2 Å². The van der Waals surface area contributed by atoms with Crippen molar-refractivity contribution in [2.24, 2.45) is 0 Å². The van der Waals surface area contributed by atoms with E-state index in [9.17, 15) is 26.4 Å². The van der Waals surface area contributed by atoms with Crippen LogP contribution in [0.3, 0.4) is 0 Å². The molecule has 0 spiro atoms. The molecule has 0 bridgehead atoms. The number of amides is 1. The molecule has 0 aliphatic carbocycles. The first-order chi connectivity index (χ1) is 18.4. The number of aromatic nitrogens is 2. The maximum Gasteiger partial charge on any atom is 0.490 e.